The first-order valence-corrected chi connectivity index (χ1v) is 4.45. The van der Waals surface area contributed by atoms with Crippen molar-refractivity contribution >= 4 is 17.6 Å². The van der Waals surface area contributed by atoms with E-state index in [1.54, 1.807) is 0 Å². The monoisotopic (exact) mass is 235 g/mol. The van der Waals surface area contributed by atoms with Crippen LogP contribution in [-0.2, 0) is 11.2 Å². The average molecular weight is 236 g/mol. The summed E-state index contributed by atoms with van der Waals surface area (Å²) >= 11 is 5.54. The van der Waals surface area contributed by atoms with Crippen molar-refractivity contribution in [2.45, 2.75) is 19.8 Å². The van der Waals surface area contributed by atoms with E-state index >= 15 is 0 Å². The number of hydrogen-bond donors (Lipinski definition) is 1. The number of pyridine rings is 1. The van der Waals surface area contributed by atoms with Crippen LogP contribution in [0.1, 0.15) is 23.2 Å². The Morgan fingerprint density at radius 3 is 2.73 bits per heavy atom. The minimum absolute atomic E-state index is 0.113. The summed E-state index contributed by atoms with van der Waals surface area (Å²) in [7, 11) is 0. The van der Waals surface area contributed by atoms with Gasteiger partial charge in [0.2, 0.25) is 0 Å². The van der Waals surface area contributed by atoms with Crippen LogP contribution in [0.25, 0.3) is 0 Å². The van der Waals surface area contributed by atoms with Crippen molar-refractivity contribution < 1.29 is 18.7 Å². The summed E-state index contributed by atoms with van der Waals surface area (Å²) in [5, 5.41) is 8.39. The van der Waals surface area contributed by atoms with Crippen molar-refractivity contribution in [3.63, 3.8) is 0 Å². The van der Waals surface area contributed by atoms with Crippen LogP contribution in [0.2, 0.25) is 5.02 Å². The van der Waals surface area contributed by atoms with Crippen molar-refractivity contribution in [3.8, 4) is 0 Å². The lowest BCUT2D eigenvalue weighted by Crippen LogP contribution is -2.07. The molecule has 0 radical (unpaired) electrons. The number of carboxylic acids is 1. The third-order valence-electron chi connectivity index (χ3n) is 1.96. The summed E-state index contributed by atoms with van der Waals surface area (Å²) in [6, 6.07) is 0. The predicted octanol–water partition coefficient (Wildman–Crippen LogP) is 2.61. The van der Waals surface area contributed by atoms with Gasteiger partial charge in [-0.25, -0.2) is 8.78 Å². The highest BCUT2D eigenvalue weighted by atomic mass is 35.5. The molecule has 1 heterocycles. The van der Waals surface area contributed by atoms with Crippen LogP contribution in [0.5, 0.6) is 0 Å². The van der Waals surface area contributed by atoms with Gasteiger partial charge in [0.15, 0.2) is 0 Å². The quantitative estimate of drug-likeness (QED) is 0.876. The third kappa shape index (κ3) is 2.62. The number of halogens is 3. The van der Waals surface area contributed by atoms with E-state index < -0.39 is 12.4 Å². The molecule has 0 saturated carbocycles. The van der Waals surface area contributed by atoms with Crippen LogP contribution in [0.4, 0.5) is 8.78 Å². The molecular weight excluding hydrogens is 228 g/mol. The summed E-state index contributed by atoms with van der Waals surface area (Å²) in [5.41, 5.74) is -0.0926. The zero-order valence-electron chi connectivity index (χ0n) is 7.80. The second kappa shape index (κ2) is 4.53. The van der Waals surface area contributed by atoms with E-state index in [0.29, 0.717) is 0 Å². The Labute approximate surface area is 89.7 Å². The van der Waals surface area contributed by atoms with Crippen molar-refractivity contribution in [1.82, 2.24) is 4.98 Å². The Kier molecular flexibility index (Phi) is 3.57. The fraction of sp³-hybridized carbons (Fsp3) is 0.333. The Morgan fingerprint density at radius 2 is 2.27 bits per heavy atom. The third-order valence-corrected chi connectivity index (χ3v) is 2.27. The van der Waals surface area contributed by atoms with Gasteiger partial charge in [-0.2, -0.15) is 0 Å². The summed E-state index contributed by atoms with van der Waals surface area (Å²) in [6.07, 6.45) is -2.06. The number of rotatable bonds is 3. The van der Waals surface area contributed by atoms with Crippen molar-refractivity contribution in [1.29, 1.82) is 0 Å². The topological polar surface area (TPSA) is 50.2 Å². The number of aromatic nitrogens is 1. The van der Waals surface area contributed by atoms with Crippen LogP contribution in [0, 0.1) is 6.92 Å². The second-order valence-electron chi connectivity index (χ2n) is 2.96. The highest BCUT2D eigenvalue weighted by molar-refractivity contribution is 6.31. The van der Waals surface area contributed by atoms with Crippen molar-refractivity contribution in [2.24, 2.45) is 0 Å². The van der Waals surface area contributed by atoms with Gasteiger partial charge in [0.05, 0.1) is 17.1 Å². The van der Waals surface area contributed by atoms with E-state index in [4.69, 9.17) is 16.7 Å². The standard InChI is InChI=1S/C9H8ClF2NO2/c1-4-6(2-7(14)15)13-3-5(10)8(4)9(11)12/h3,9H,2H2,1H3,(H,14,15). The van der Waals surface area contributed by atoms with Gasteiger partial charge in [-0.05, 0) is 12.5 Å². The Balaban J connectivity index is 3.22. The Hall–Kier alpha value is -1.23. The van der Waals surface area contributed by atoms with Crippen LogP contribution in [0.3, 0.4) is 0 Å². The average Bonchev–Trinajstić information content (AvgIpc) is 2.09. The number of hydrogen-bond acceptors (Lipinski definition) is 2. The molecule has 3 nitrogen and oxygen atoms in total. The number of carbonyl (C=O) groups is 1. The second-order valence-corrected chi connectivity index (χ2v) is 3.37. The molecule has 6 heteroatoms. The molecule has 0 fully saturated rings. The lowest BCUT2D eigenvalue weighted by atomic mass is 10.1. The molecule has 0 aliphatic rings. The number of aliphatic carboxylic acids is 1. The molecular formula is C9H8ClF2NO2. The van der Waals surface area contributed by atoms with E-state index in [2.05, 4.69) is 4.98 Å². The van der Waals surface area contributed by atoms with Gasteiger partial charge in [0.1, 0.15) is 0 Å². The molecule has 1 aromatic heterocycles. The van der Waals surface area contributed by atoms with Crippen LogP contribution in [-0.4, -0.2) is 16.1 Å². The van der Waals surface area contributed by atoms with Gasteiger partial charge in [-0.15, -0.1) is 0 Å². The van der Waals surface area contributed by atoms with Crippen LogP contribution >= 0.6 is 11.6 Å². The maximum atomic E-state index is 12.5. The largest absolute Gasteiger partial charge is 0.481 e. The number of alkyl halides is 2. The smallest absolute Gasteiger partial charge is 0.309 e. The van der Waals surface area contributed by atoms with Gasteiger partial charge in [-0.1, -0.05) is 11.6 Å². The highest BCUT2D eigenvalue weighted by Crippen LogP contribution is 2.30. The lowest BCUT2D eigenvalue weighted by Gasteiger charge is -2.10. The van der Waals surface area contributed by atoms with Gasteiger partial charge in [0, 0.05) is 11.8 Å². The van der Waals surface area contributed by atoms with Gasteiger partial charge in [0.25, 0.3) is 6.43 Å². The zero-order chi connectivity index (χ0) is 11.6. The lowest BCUT2D eigenvalue weighted by molar-refractivity contribution is -0.136. The summed E-state index contributed by atoms with van der Waals surface area (Å²) < 4.78 is 25.1. The molecule has 0 bridgehead atoms. The van der Waals surface area contributed by atoms with Crippen molar-refractivity contribution in [2.75, 3.05) is 0 Å². The van der Waals surface area contributed by atoms with Gasteiger partial charge >= 0.3 is 5.97 Å². The van der Waals surface area contributed by atoms with Crippen LogP contribution in [0.15, 0.2) is 6.20 Å². The maximum absolute atomic E-state index is 12.5. The summed E-state index contributed by atoms with van der Waals surface area (Å²) in [5.74, 6) is -1.12. The highest BCUT2D eigenvalue weighted by Gasteiger charge is 2.19. The van der Waals surface area contributed by atoms with E-state index in [0.717, 1.165) is 6.20 Å². The molecule has 0 saturated heterocycles. The minimum atomic E-state index is -2.73. The SMILES string of the molecule is Cc1c(CC(=O)O)ncc(Cl)c1C(F)F. The molecule has 1 rings (SSSR count). The van der Waals surface area contributed by atoms with E-state index in [1.807, 2.05) is 0 Å². The molecule has 0 unspecified atom stereocenters. The molecule has 0 aliphatic heterocycles. The van der Waals surface area contributed by atoms with Gasteiger partial charge < -0.3 is 5.11 Å². The molecule has 1 N–H and O–H groups in total. The molecule has 1 aromatic rings. The number of carboxylic acid groups (broad SMARTS) is 1. The fourth-order valence-corrected chi connectivity index (χ4v) is 1.50. The zero-order valence-corrected chi connectivity index (χ0v) is 8.55. The molecule has 0 aliphatic carbocycles. The maximum Gasteiger partial charge on any atom is 0.309 e. The first-order chi connectivity index (χ1) is 6.93. The first kappa shape index (κ1) is 11.8. The molecule has 82 valence electrons. The Morgan fingerprint density at radius 1 is 1.67 bits per heavy atom. The summed E-state index contributed by atoms with van der Waals surface area (Å²) in [6.45, 7) is 1.39. The summed E-state index contributed by atoms with van der Waals surface area (Å²) in [4.78, 5) is 14.1. The van der Waals surface area contributed by atoms with Crippen LogP contribution < -0.4 is 0 Å². The fourth-order valence-electron chi connectivity index (χ4n) is 1.22. The molecule has 15 heavy (non-hydrogen) atoms. The molecule has 0 atom stereocenters. The number of nitrogens with zero attached hydrogens (tertiary/aromatic N) is 1. The van der Waals surface area contributed by atoms with E-state index in [-0.39, 0.29) is 28.3 Å². The van der Waals surface area contributed by atoms with Crippen molar-refractivity contribution in [3.05, 3.63) is 28.0 Å². The Bertz CT molecular complexity index is 396. The molecule has 0 amide bonds. The predicted molar refractivity (Wildman–Crippen MR) is 50.3 cm³/mol. The minimum Gasteiger partial charge on any atom is -0.481 e. The normalized spacial score (nSPS) is 10.7. The van der Waals surface area contributed by atoms with Gasteiger partial charge in [-0.3, -0.25) is 9.78 Å². The first-order valence-electron chi connectivity index (χ1n) is 4.07. The molecule has 0 spiro atoms. The molecule has 0 aromatic carbocycles. The van der Waals surface area contributed by atoms with E-state index in [9.17, 15) is 13.6 Å². The van der Waals surface area contributed by atoms with E-state index in [1.165, 1.54) is 6.92 Å².